The average molecular weight is 226 g/mol. The van der Waals surface area contributed by atoms with Gasteiger partial charge in [0.25, 0.3) is 0 Å². The number of nitrogens with one attached hydrogen (secondary N) is 1. The van der Waals surface area contributed by atoms with Crippen molar-refractivity contribution in [3.8, 4) is 11.3 Å². The van der Waals surface area contributed by atoms with Crippen LogP contribution in [-0.2, 0) is 0 Å². The van der Waals surface area contributed by atoms with Crippen LogP contribution in [-0.4, -0.2) is 18.9 Å². The third-order valence-corrected chi connectivity index (χ3v) is 2.87. The second kappa shape index (κ2) is 4.45. The zero-order valence-corrected chi connectivity index (χ0v) is 9.52. The fourth-order valence-corrected chi connectivity index (χ4v) is 2.05. The highest BCUT2D eigenvalue weighted by Gasteiger charge is 2.13. The highest BCUT2D eigenvalue weighted by atomic mass is 16.3. The Balaban J connectivity index is 2.07. The van der Waals surface area contributed by atoms with Crippen LogP contribution in [0, 0.1) is 0 Å². The molecule has 1 aliphatic heterocycles. The summed E-state index contributed by atoms with van der Waals surface area (Å²) >= 11 is 0. The van der Waals surface area contributed by atoms with Crippen LogP contribution in [0.5, 0.6) is 0 Å². The van der Waals surface area contributed by atoms with Gasteiger partial charge in [0.1, 0.15) is 11.6 Å². The van der Waals surface area contributed by atoms with Gasteiger partial charge in [0.15, 0.2) is 0 Å². The van der Waals surface area contributed by atoms with Crippen molar-refractivity contribution in [1.29, 1.82) is 0 Å². The minimum absolute atomic E-state index is 0.885. The van der Waals surface area contributed by atoms with E-state index in [2.05, 4.69) is 22.4 Å². The molecule has 0 saturated carbocycles. The van der Waals surface area contributed by atoms with Crippen LogP contribution in [0.2, 0.25) is 0 Å². The number of benzene rings is 1. The number of furan rings is 1. The minimum atomic E-state index is 0.885. The fraction of sp³-hybridized carbons (Fsp3) is 0.214. The Morgan fingerprint density at radius 1 is 1.06 bits per heavy atom. The molecule has 3 nitrogen and oxygen atoms in total. The topological polar surface area (TPSA) is 37.5 Å². The predicted molar refractivity (Wildman–Crippen MR) is 68.2 cm³/mol. The number of hydrogen-bond acceptors (Lipinski definition) is 3. The summed E-state index contributed by atoms with van der Waals surface area (Å²) in [6, 6.07) is 12.1. The minimum Gasteiger partial charge on any atom is -0.464 e. The molecule has 17 heavy (non-hydrogen) atoms. The summed E-state index contributed by atoms with van der Waals surface area (Å²) < 4.78 is 5.47. The normalized spacial score (nSPS) is 15.2. The van der Waals surface area contributed by atoms with Gasteiger partial charge in [-0.25, -0.2) is 0 Å². The van der Waals surface area contributed by atoms with Crippen molar-refractivity contribution in [3.63, 3.8) is 0 Å². The first-order valence-electron chi connectivity index (χ1n) is 5.87. The molecule has 2 heterocycles. The molecular formula is C14H14N2O. The fourth-order valence-electron chi connectivity index (χ4n) is 2.05. The molecule has 1 aliphatic rings. The molecule has 0 spiro atoms. The largest absolute Gasteiger partial charge is 0.464 e. The van der Waals surface area contributed by atoms with Gasteiger partial charge in [0.2, 0.25) is 0 Å². The van der Waals surface area contributed by atoms with Gasteiger partial charge in [0, 0.05) is 24.2 Å². The van der Waals surface area contributed by atoms with Crippen molar-refractivity contribution in [2.24, 2.45) is 4.99 Å². The highest BCUT2D eigenvalue weighted by molar-refractivity contribution is 6.04. The standard InChI is InChI=1S/C14H14N2O/c1-2-6-12(14-15-8-4-9-16-14)11(5-1)13-7-3-10-17-13/h1-3,5-7,10H,4,8-9H2,(H,15,16). The lowest BCUT2D eigenvalue weighted by Crippen LogP contribution is -2.30. The van der Waals surface area contributed by atoms with Crippen LogP contribution in [0.25, 0.3) is 11.3 Å². The van der Waals surface area contributed by atoms with Gasteiger partial charge in [-0.05, 0) is 18.6 Å². The van der Waals surface area contributed by atoms with Crippen LogP contribution in [0.4, 0.5) is 0 Å². The Labute approximate surface area is 100 Å². The van der Waals surface area contributed by atoms with Crippen molar-refractivity contribution in [2.45, 2.75) is 6.42 Å². The molecule has 0 unspecified atom stereocenters. The molecule has 1 N–H and O–H groups in total. The molecule has 86 valence electrons. The molecule has 0 atom stereocenters. The van der Waals surface area contributed by atoms with E-state index in [0.717, 1.165) is 42.2 Å². The summed E-state index contributed by atoms with van der Waals surface area (Å²) in [5, 5.41) is 3.35. The van der Waals surface area contributed by atoms with Gasteiger partial charge in [-0.3, -0.25) is 4.99 Å². The molecule has 3 rings (SSSR count). The molecule has 0 saturated heterocycles. The first kappa shape index (κ1) is 10.1. The molecule has 0 bridgehead atoms. The van der Waals surface area contributed by atoms with E-state index in [1.807, 2.05) is 24.3 Å². The number of nitrogens with zero attached hydrogens (tertiary/aromatic N) is 1. The van der Waals surface area contributed by atoms with E-state index in [-0.39, 0.29) is 0 Å². The Morgan fingerprint density at radius 3 is 2.65 bits per heavy atom. The second-order valence-electron chi connectivity index (χ2n) is 4.03. The average Bonchev–Trinajstić information content (AvgIpc) is 2.94. The van der Waals surface area contributed by atoms with E-state index in [4.69, 9.17) is 4.42 Å². The lowest BCUT2D eigenvalue weighted by atomic mass is 10.0. The van der Waals surface area contributed by atoms with Crippen LogP contribution in [0.3, 0.4) is 0 Å². The van der Waals surface area contributed by atoms with E-state index >= 15 is 0 Å². The van der Waals surface area contributed by atoms with Crippen LogP contribution in [0.1, 0.15) is 12.0 Å². The lowest BCUT2D eigenvalue weighted by Gasteiger charge is -2.16. The van der Waals surface area contributed by atoms with E-state index < -0.39 is 0 Å². The van der Waals surface area contributed by atoms with E-state index in [1.54, 1.807) is 6.26 Å². The van der Waals surface area contributed by atoms with Crippen LogP contribution < -0.4 is 5.32 Å². The number of hydrogen-bond donors (Lipinski definition) is 1. The van der Waals surface area contributed by atoms with Crippen molar-refractivity contribution in [1.82, 2.24) is 5.32 Å². The Hall–Kier alpha value is -2.03. The summed E-state index contributed by atoms with van der Waals surface area (Å²) in [6.45, 7) is 1.89. The van der Waals surface area contributed by atoms with Crippen molar-refractivity contribution >= 4 is 5.84 Å². The third kappa shape index (κ3) is 1.96. The van der Waals surface area contributed by atoms with E-state index in [0.29, 0.717) is 0 Å². The Morgan fingerprint density at radius 2 is 1.94 bits per heavy atom. The van der Waals surface area contributed by atoms with Gasteiger partial charge in [-0.1, -0.05) is 24.3 Å². The molecular weight excluding hydrogens is 212 g/mol. The maximum Gasteiger partial charge on any atom is 0.134 e. The second-order valence-corrected chi connectivity index (χ2v) is 4.03. The number of amidine groups is 1. The summed E-state index contributed by atoms with van der Waals surface area (Å²) in [4.78, 5) is 4.53. The van der Waals surface area contributed by atoms with Gasteiger partial charge in [-0.15, -0.1) is 0 Å². The molecule has 2 aromatic rings. The maximum absolute atomic E-state index is 5.47. The maximum atomic E-state index is 5.47. The van der Waals surface area contributed by atoms with Crippen LogP contribution >= 0.6 is 0 Å². The third-order valence-electron chi connectivity index (χ3n) is 2.87. The molecule has 0 aliphatic carbocycles. The quantitative estimate of drug-likeness (QED) is 0.854. The first-order valence-corrected chi connectivity index (χ1v) is 5.87. The summed E-state index contributed by atoms with van der Waals surface area (Å²) in [5.41, 5.74) is 2.20. The van der Waals surface area contributed by atoms with Crippen LogP contribution in [0.15, 0.2) is 52.1 Å². The SMILES string of the molecule is c1coc(-c2ccccc2C2=NCCCN2)c1. The zero-order chi connectivity index (χ0) is 11.5. The molecule has 1 aromatic heterocycles. The summed E-state index contributed by atoms with van der Waals surface area (Å²) in [6.07, 6.45) is 2.80. The molecule has 0 amide bonds. The van der Waals surface area contributed by atoms with Crippen molar-refractivity contribution in [2.75, 3.05) is 13.1 Å². The Kier molecular flexibility index (Phi) is 2.66. The van der Waals surface area contributed by atoms with E-state index in [9.17, 15) is 0 Å². The first-order chi connectivity index (χ1) is 8.45. The molecule has 0 fully saturated rings. The lowest BCUT2D eigenvalue weighted by molar-refractivity contribution is 0.582. The summed E-state index contributed by atoms with van der Waals surface area (Å²) in [7, 11) is 0. The van der Waals surface area contributed by atoms with Gasteiger partial charge < -0.3 is 9.73 Å². The summed E-state index contributed by atoms with van der Waals surface area (Å²) in [5.74, 6) is 1.86. The van der Waals surface area contributed by atoms with Crippen molar-refractivity contribution < 1.29 is 4.42 Å². The predicted octanol–water partition coefficient (Wildman–Crippen LogP) is 2.69. The number of aliphatic imine (C=N–C) groups is 1. The molecule has 3 heteroatoms. The molecule has 1 aromatic carbocycles. The Bertz CT molecular complexity index is 529. The van der Waals surface area contributed by atoms with Gasteiger partial charge >= 0.3 is 0 Å². The molecule has 0 radical (unpaired) electrons. The van der Waals surface area contributed by atoms with Gasteiger partial charge in [0.05, 0.1) is 6.26 Å². The van der Waals surface area contributed by atoms with Crippen molar-refractivity contribution in [3.05, 3.63) is 48.2 Å². The van der Waals surface area contributed by atoms with Gasteiger partial charge in [-0.2, -0.15) is 0 Å². The highest BCUT2D eigenvalue weighted by Crippen LogP contribution is 2.24. The smallest absolute Gasteiger partial charge is 0.134 e. The number of rotatable bonds is 2. The zero-order valence-electron chi connectivity index (χ0n) is 9.52. The van der Waals surface area contributed by atoms with E-state index in [1.165, 1.54) is 0 Å². The monoisotopic (exact) mass is 226 g/mol.